The molecule has 0 fully saturated rings. The smallest absolute Gasteiger partial charge is 0.231 e. The molecule has 9 heteroatoms. The molecule has 32 heavy (non-hydrogen) atoms. The minimum Gasteiger partial charge on any atom is -0.497 e. The third-order valence-corrected chi connectivity index (χ3v) is 7.08. The van der Waals surface area contributed by atoms with E-state index in [9.17, 15) is 0 Å². The highest BCUT2D eigenvalue weighted by Gasteiger charge is 2.14. The lowest BCUT2D eigenvalue weighted by atomic mass is 10.1. The van der Waals surface area contributed by atoms with Crippen molar-refractivity contribution < 1.29 is 4.74 Å². The third-order valence-electron chi connectivity index (χ3n) is 5.00. The molecule has 0 atom stereocenters. The maximum Gasteiger partial charge on any atom is 0.231 e. The van der Waals surface area contributed by atoms with Crippen LogP contribution in [0.4, 0.5) is 11.1 Å². The summed E-state index contributed by atoms with van der Waals surface area (Å²) in [4.78, 5) is 14.7. The molecule has 0 amide bonds. The molecule has 5 rings (SSSR count). The predicted octanol–water partition coefficient (Wildman–Crippen LogP) is 7.02. The molecule has 6 nitrogen and oxygen atoms in total. The normalized spacial score (nSPS) is 11.1. The fraction of sp³-hybridized carbons (Fsp3) is 0.0870. The average molecular weight is 527 g/mol. The molecule has 0 spiro atoms. The Hall–Kier alpha value is -2.94. The number of nitrogens with one attached hydrogen (secondary N) is 1. The standard InChI is InChI=1S/C23H17BrClN5OS/c1-13-20(14-6-8-15(31-2)9-7-14)32-23(27-13)29-22-26-12-18(25)21(28-22)30-11-10-16-17(24)4-3-5-19(16)30/h3-12H,1-2H3,(H,26,27,28,29). The first-order chi connectivity index (χ1) is 15.5. The SMILES string of the molecule is COc1ccc(-c2sc(Nc3ncc(Cl)c(-n4ccc5c(Br)cccc54)n3)nc2C)cc1. The monoisotopic (exact) mass is 525 g/mol. The van der Waals surface area contributed by atoms with Gasteiger partial charge in [0, 0.05) is 16.1 Å². The Kier molecular flexibility index (Phi) is 5.58. The molecule has 0 aliphatic heterocycles. The van der Waals surface area contributed by atoms with Gasteiger partial charge in [-0.15, -0.1) is 0 Å². The van der Waals surface area contributed by atoms with Crippen molar-refractivity contribution in [2.45, 2.75) is 6.92 Å². The summed E-state index contributed by atoms with van der Waals surface area (Å²) in [7, 11) is 1.66. The molecule has 0 saturated heterocycles. The van der Waals surface area contributed by atoms with E-state index in [1.165, 1.54) is 0 Å². The van der Waals surface area contributed by atoms with Crippen LogP contribution in [0.3, 0.4) is 0 Å². The van der Waals surface area contributed by atoms with Crippen LogP contribution in [0.2, 0.25) is 5.02 Å². The Balaban J connectivity index is 1.47. The molecule has 1 N–H and O–H groups in total. The number of hydrogen-bond acceptors (Lipinski definition) is 6. The zero-order valence-electron chi connectivity index (χ0n) is 17.1. The number of hydrogen-bond donors (Lipinski definition) is 1. The van der Waals surface area contributed by atoms with Crippen LogP contribution in [0, 0.1) is 6.92 Å². The zero-order chi connectivity index (χ0) is 22.2. The van der Waals surface area contributed by atoms with E-state index in [0.717, 1.165) is 37.3 Å². The van der Waals surface area contributed by atoms with E-state index in [4.69, 9.17) is 16.3 Å². The van der Waals surface area contributed by atoms with Crippen LogP contribution in [0.5, 0.6) is 5.75 Å². The number of rotatable bonds is 5. The minimum atomic E-state index is 0.427. The van der Waals surface area contributed by atoms with Crippen molar-refractivity contribution in [1.29, 1.82) is 0 Å². The highest BCUT2D eigenvalue weighted by atomic mass is 79.9. The minimum absolute atomic E-state index is 0.427. The summed E-state index contributed by atoms with van der Waals surface area (Å²) in [5.74, 6) is 1.85. The van der Waals surface area contributed by atoms with Gasteiger partial charge in [0.25, 0.3) is 0 Å². The molecule has 0 unspecified atom stereocenters. The molecule has 2 aromatic carbocycles. The maximum atomic E-state index is 6.46. The van der Waals surface area contributed by atoms with Gasteiger partial charge in [-0.3, -0.25) is 9.88 Å². The summed E-state index contributed by atoms with van der Waals surface area (Å²) in [6.07, 6.45) is 3.55. The number of ether oxygens (including phenoxy) is 1. The number of thiazole rings is 1. The second-order valence-corrected chi connectivity index (χ2v) is 9.27. The largest absolute Gasteiger partial charge is 0.497 e. The topological polar surface area (TPSA) is 64.9 Å². The highest BCUT2D eigenvalue weighted by Crippen LogP contribution is 2.35. The second kappa shape index (κ2) is 8.54. The fourth-order valence-electron chi connectivity index (χ4n) is 3.46. The van der Waals surface area contributed by atoms with Gasteiger partial charge in [0.15, 0.2) is 10.9 Å². The van der Waals surface area contributed by atoms with Crippen molar-refractivity contribution in [3.05, 3.63) is 76.1 Å². The van der Waals surface area contributed by atoms with E-state index in [1.807, 2.05) is 66.2 Å². The number of aryl methyl sites for hydroxylation is 1. The van der Waals surface area contributed by atoms with Gasteiger partial charge in [0.05, 0.1) is 29.4 Å². The number of anilines is 2. The lowest BCUT2D eigenvalue weighted by Gasteiger charge is -2.09. The summed E-state index contributed by atoms with van der Waals surface area (Å²) in [6, 6.07) is 16.0. The molecule has 0 saturated carbocycles. The van der Waals surface area contributed by atoms with E-state index in [1.54, 1.807) is 24.6 Å². The molecular weight excluding hydrogens is 510 g/mol. The molecule has 0 bridgehead atoms. The molecule has 0 radical (unpaired) electrons. The number of benzene rings is 2. The molecule has 0 aliphatic carbocycles. The van der Waals surface area contributed by atoms with Crippen LogP contribution in [0.15, 0.2) is 65.4 Å². The Bertz CT molecular complexity index is 1430. The first-order valence-electron chi connectivity index (χ1n) is 9.71. The van der Waals surface area contributed by atoms with E-state index in [-0.39, 0.29) is 0 Å². The van der Waals surface area contributed by atoms with Crippen LogP contribution in [-0.2, 0) is 0 Å². The first kappa shape index (κ1) is 20.9. The molecule has 3 aromatic heterocycles. The van der Waals surface area contributed by atoms with Crippen LogP contribution < -0.4 is 10.1 Å². The van der Waals surface area contributed by atoms with Gasteiger partial charge in [-0.2, -0.15) is 4.98 Å². The summed E-state index contributed by atoms with van der Waals surface area (Å²) < 4.78 is 8.21. The zero-order valence-corrected chi connectivity index (χ0v) is 20.3. The van der Waals surface area contributed by atoms with Crippen molar-refractivity contribution in [1.82, 2.24) is 19.5 Å². The second-order valence-electron chi connectivity index (χ2n) is 7.01. The average Bonchev–Trinajstić information content (AvgIpc) is 3.39. The quantitative estimate of drug-likeness (QED) is 0.266. The van der Waals surface area contributed by atoms with E-state index in [2.05, 4.69) is 36.2 Å². The fourth-order valence-corrected chi connectivity index (χ4v) is 5.09. The first-order valence-corrected chi connectivity index (χ1v) is 11.7. The van der Waals surface area contributed by atoms with Crippen molar-refractivity contribution in [2.24, 2.45) is 0 Å². The summed E-state index contributed by atoms with van der Waals surface area (Å²) in [6.45, 7) is 1.99. The number of halogens is 2. The van der Waals surface area contributed by atoms with Crippen LogP contribution in [0.25, 0.3) is 27.2 Å². The lowest BCUT2D eigenvalue weighted by Crippen LogP contribution is -2.03. The van der Waals surface area contributed by atoms with Gasteiger partial charge in [0.1, 0.15) is 10.8 Å². The van der Waals surface area contributed by atoms with Gasteiger partial charge < -0.3 is 4.74 Å². The number of methoxy groups -OCH3 is 1. The summed E-state index contributed by atoms with van der Waals surface area (Å²) in [5.41, 5.74) is 3.01. The van der Waals surface area contributed by atoms with Gasteiger partial charge >= 0.3 is 0 Å². The van der Waals surface area contributed by atoms with Crippen LogP contribution in [-0.4, -0.2) is 26.6 Å². The number of fused-ring (bicyclic) bond motifs is 1. The van der Waals surface area contributed by atoms with E-state index in [0.29, 0.717) is 21.9 Å². The third kappa shape index (κ3) is 3.85. The van der Waals surface area contributed by atoms with E-state index < -0.39 is 0 Å². The summed E-state index contributed by atoms with van der Waals surface area (Å²) >= 11 is 11.6. The highest BCUT2D eigenvalue weighted by molar-refractivity contribution is 9.10. The van der Waals surface area contributed by atoms with Gasteiger partial charge in [-0.1, -0.05) is 44.9 Å². The predicted molar refractivity (Wildman–Crippen MR) is 134 cm³/mol. The molecule has 160 valence electrons. The molecule has 5 aromatic rings. The van der Waals surface area contributed by atoms with Gasteiger partial charge in [-0.05, 0) is 55.0 Å². The van der Waals surface area contributed by atoms with Gasteiger partial charge in [-0.25, -0.2) is 9.97 Å². The Morgan fingerprint density at radius 1 is 1.09 bits per heavy atom. The van der Waals surface area contributed by atoms with Gasteiger partial charge in [0.2, 0.25) is 5.95 Å². The number of aromatic nitrogens is 4. The Labute approximate surface area is 202 Å². The Morgan fingerprint density at radius 3 is 2.69 bits per heavy atom. The van der Waals surface area contributed by atoms with Crippen molar-refractivity contribution in [2.75, 3.05) is 12.4 Å². The van der Waals surface area contributed by atoms with Crippen LogP contribution >= 0.6 is 38.9 Å². The summed E-state index contributed by atoms with van der Waals surface area (Å²) in [5, 5.41) is 5.48. The maximum absolute atomic E-state index is 6.46. The Morgan fingerprint density at radius 2 is 1.91 bits per heavy atom. The lowest BCUT2D eigenvalue weighted by molar-refractivity contribution is 0.415. The molecule has 0 aliphatic rings. The van der Waals surface area contributed by atoms with Crippen molar-refractivity contribution >= 4 is 60.9 Å². The van der Waals surface area contributed by atoms with E-state index >= 15 is 0 Å². The molecular formula is C23H17BrClN5OS. The molecule has 3 heterocycles. The van der Waals surface area contributed by atoms with Crippen LogP contribution in [0.1, 0.15) is 5.69 Å². The van der Waals surface area contributed by atoms with Crippen molar-refractivity contribution in [3.8, 4) is 22.0 Å². The number of nitrogens with zero attached hydrogens (tertiary/aromatic N) is 4. The van der Waals surface area contributed by atoms with Crippen molar-refractivity contribution in [3.63, 3.8) is 0 Å².